The number of benzene rings is 3. The van der Waals surface area contributed by atoms with Gasteiger partial charge in [0.25, 0.3) is 0 Å². The van der Waals surface area contributed by atoms with Gasteiger partial charge < -0.3 is 33.8 Å². The molecule has 0 aromatic heterocycles. The van der Waals surface area contributed by atoms with Crippen molar-refractivity contribution in [1.29, 1.82) is 0 Å². The van der Waals surface area contributed by atoms with Crippen LogP contribution in [0.15, 0.2) is 78.9 Å². The molecule has 0 spiro atoms. The number of Topliss-reactive ketones (excluding diaryl/α,β-unsaturated/α-hetero) is 1. The molecule has 246 valence electrons. The Balaban J connectivity index is 0.00000768. The topological polar surface area (TPSA) is 72.8 Å². The van der Waals surface area contributed by atoms with Crippen LogP contribution in [-0.4, -0.2) is 37.2 Å². The first-order valence-electron chi connectivity index (χ1n) is 16.5. The van der Waals surface area contributed by atoms with Gasteiger partial charge in [-0.25, -0.2) is 0 Å². The fraction of sp³-hybridized carbons (Fsp3) is 0.390. The number of aliphatic carboxylic acids is 1. The second-order valence-electron chi connectivity index (χ2n) is 11.8. The van der Waals surface area contributed by atoms with E-state index in [1.807, 2.05) is 54.6 Å². The molecule has 0 aliphatic carbocycles. The summed E-state index contributed by atoms with van der Waals surface area (Å²) in [5, 5.41) is 8.95. The minimum atomic E-state index is -0.866. The summed E-state index contributed by atoms with van der Waals surface area (Å²) in [5.41, 5.74) is 4.29. The maximum Gasteiger partial charge on any atom is 1.00 e. The van der Waals surface area contributed by atoms with Gasteiger partial charge in [0, 0.05) is 23.5 Å². The van der Waals surface area contributed by atoms with Crippen LogP contribution < -0.4 is 23.6 Å². The predicted molar refractivity (Wildman–Crippen MR) is 185 cm³/mol. The molecular weight excluding hydrogens is 579 g/mol. The number of ketones is 1. The molecule has 0 aliphatic rings. The number of hydrogen-bond donors (Lipinski definition) is 1. The summed E-state index contributed by atoms with van der Waals surface area (Å²) in [6.07, 6.45) is 9.82. The molecule has 47 heavy (non-hydrogen) atoms. The quantitative estimate of drug-likeness (QED) is 0.0693. The molecule has 2 unspecified atom stereocenters. The third-order valence-corrected chi connectivity index (χ3v) is 8.27. The monoisotopic (exact) mass is 628 g/mol. The Hall–Kier alpha value is -3.28. The van der Waals surface area contributed by atoms with E-state index in [-0.39, 0.29) is 43.7 Å². The van der Waals surface area contributed by atoms with Gasteiger partial charge in [0.1, 0.15) is 11.5 Å². The van der Waals surface area contributed by atoms with Crippen molar-refractivity contribution in [3.05, 3.63) is 120 Å². The van der Waals surface area contributed by atoms with E-state index in [0.29, 0.717) is 18.8 Å². The Labute approximate surface area is 295 Å². The van der Waals surface area contributed by atoms with Gasteiger partial charge in [-0.15, -0.1) is 5.56 Å². The van der Waals surface area contributed by atoms with E-state index in [9.17, 15) is 9.59 Å². The van der Waals surface area contributed by atoms with Gasteiger partial charge in [-0.1, -0.05) is 73.8 Å². The van der Waals surface area contributed by atoms with Crippen LogP contribution in [0.1, 0.15) is 92.9 Å². The molecule has 0 aliphatic heterocycles. The largest absolute Gasteiger partial charge is 1.00 e. The molecule has 0 radical (unpaired) electrons. The van der Waals surface area contributed by atoms with Crippen LogP contribution in [0.2, 0.25) is 0 Å². The standard InChI is InChI=1S/C41H49O5.Li/c1-4-5-15-37(40(42)17-10-14-34-22-26-38(45-3)27-23-34)16-9-11-32(2)39(28-30-46-31-29-41(43)44)36-24-20-35(21-25-36)19-18-33-12-7-6-8-13-33;/h6-8,12-13,20-28,37,39H,1,4-5,9-11,14-17,29-31H2,2-3H3,(H,43,44);/q-3;+1. The molecule has 0 amide bonds. The Morgan fingerprint density at radius 3 is 2.19 bits per heavy atom. The van der Waals surface area contributed by atoms with Crippen molar-refractivity contribution in [3.63, 3.8) is 0 Å². The predicted octanol–water partition coefficient (Wildman–Crippen LogP) is 5.86. The third-order valence-electron chi connectivity index (χ3n) is 8.27. The molecule has 0 heterocycles. The Kier molecular flexibility index (Phi) is 19.6. The number of carboxylic acids is 1. The number of rotatable bonds is 21. The summed E-state index contributed by atoms with van der Waals surface area (Å²) < 4.78 is 10.9. The Bertz CT molecular complexity index is 1360. The second kappa shape index (κ2) is 23.1. The van der Waals surface area contributed by atoms with Gasteiger partial charge in [-0.05, 0) is 67.6 Å². The van der Waals surface area contributed by atoms with Gasteiger partial charge in [0.05, 0.1) is 20.1 Å². The average molecular weight is 629 g/mol. The summed E-state index contributed by atoms with van der Waals surface area (Å²) in [6.45, 7) is 6.72. The molecule has 3 rings (SSSR count). The number of hydrogen-bond acceptors (Lipinski definition) is 4. The van der Waals surface area contributed by atoms with E-state index in [0.717, 1.165) is 73.8 Å². The normalized spacial score (nSPS) is 12.0. The number of aryl methyl sites for hydroxylation is 1. The molecular formula is C41H49LiO5-2. The summed E-state index contributed by atoms with van der Waals surface area (Å²) in [7, 11) is 1.66. The first-order valence-corrected chi connectivity index (χ1v) is 16.5. The van der Waals surface area contributed by atoms with Crippen LogP contribution in [-0.2, 0) is 20.7 Å². The van der Waals surface area contributed by atoms with Crippen molar-refractivity contribution in [2.75, 3.05) is 20.3 Å². The minimum absolute atomic E-state index is 0. The molecule has 3 aromatic rings. The summed E-state index contributed by atoms with van der Waals surface area (Å²) >= 11 is 0. The zero-order valence-electron chi connectivity index (χ0n) is 28.5. The number of unbranched alkanes of at least 4 members (excludes halogenated alkanes) is 1. The molecule has 5 nitrogen and oxygen atoms in total. The Morgan fingerprint density at radius 2 is 1.55 bits per heavy atom. The number of carboxylic acid groups (broad SMARTS) is 1. The zero-order chi connectivity index (χ0) is 33.0. The molecule has 0 fully saturated rings. The van der Waals surface area contributed by atoms with Gasteiger partial charge in [-0.2, -0.15) is 19.8 Å². The van der Waals surface area contributed by atoms with Crippen LogP contribution >= 0.6 is 0 Å². The molecule has 6 heteroatoms. The SMILES string of the molecule is [CH2-]CCCC(CCC[C-](C)C([CH-]COCCC(=O)O)c1ccc(C#Cc2ccccc2)cc1)C(=O)CCCc1ccc(OC)cc1.[Li+]. The number of methoxy groups -OCH3 is 1. The first kappa shape index (κ1) is 39.9. The molecule has 0 saturated heterocycles. The van der Waals surface area contributed by atoms with E-state index in [4.69, 9.17) is 14.6 Å². The molecule has 3 aromatic carbocycles. The van der Waals surface area contributed by atoms with Crippen LogP contribution in [0.3, 0.4) is 0 Å². The van der Waals surface area contributed by atoms with Gasteiger partial charge in [0.15, 0.2) is 0 Å². The second-order valence-corrected chi connectivity index (χ2v) is 11.8. The smallest absolute Gasteiger partial charge is 0.497 e. The van der Waals surface area contributed by atoms with Crippen molar-refractivity contribution in [3.8, 4) is 17.6 Å². The van der Waals surface area contributed by atoms with E-state index in [1.54, 1.807) is 7.11 Å². The summed E-state index contributed by atoms with van der Waals surface area (Å²) in [6, 6.07) is 26.3. The fourth-order valence-electron chi connectivity index (χ4n) is 5.57. The van der Waals surface area contributed by atoms with E-state index in [1.165, 1.54) is 11.5 Å². The summed E-state index contributed by atoms with van der Waals surface area (Å²) in [5.74, 6) is 8.21. The van der Waals surface area contributed by atoms with E-state index in [2.05, 4.69) is 56.4 Å². The van der Waals surface area contributed by atoms with Crippen LogP contribution in [0.4, 0.5) is 0 Å². The van der Waals surface area contributed by atoms with Crippen molar-refractivity contribution >= 4 is 11.8 Å². The molecule has 0 saturated carbocycles. The van der Waals surface area contributed by atoms with Crippen LogP contribution in [0.25, 0.3) is 0 Å². The zero-order valence-corrected chi connectivity index (χ0v) is 28.5. The Morgan fingerprint density at radius 1 is 0.894 bits per heavy atom. The average Bonchev–Trinajstić information content (AvgIpc) is 3.07. The minimum Gasteiger partial charge on any atom is -0.497 e. The number of ether oxygens (including phenoxy) is 2. The molecule has 1 N–H and O–H groups in total. The van der Waals surface area contributed by atoms with Crippen LogP contribution in [0, 0.1) is 37.0 Å². The van der Waals surface area contributed by atoms with Crippen molar-refractivity contribution in [2.24, 2.45) is 5.92 Å². The first-order chi connectivity index (χ1) is 22.4. The third kappa shape index (κ3) is 15.4. The number of carbonyl (C=O) groups excluding carboxylic acids is 1. The van der Waals surface area contributed by atoms with Gasteiger partial charge in [-0.3, -0.25) is 15.5 Å². The maximum atomic E-state index is 13.3. The van der Waals surface area contributed by atoms with E-state index < -0.39 is 5.97 Å². The summed E-state index contributed by atoms with van der Waals surface area (Å²) in [4.78, 5) is 24.2. The molecule has 0 bridgehead atoms. The van der Waals surface area contributed by atoms with E-state index >= 15 is 0 Å². The van der Waals surface area contributed by atoms with Gasteiger partial charge >= 0.3 is 24.8 Å². The number of carbonyl (C=O) groups is 2. The fourth-order valence-corrected chi connectivity index (χ4v) is 5.57. The van der Waals surface area contributed by atoms with Crippen molar-refractivity contribution in [1.82, 2.24) is 0 Å². The maximum absolute atomic E-state index is 13.3. The van der Waals surface area contributed by atoms with Crippen molar-refractivity contribution < 1.29 is 43.0 Å². The van der Waals surface area contributed by atoms with Crippen LogP contribution in [0.5, 0.6) is 5.75 Å². The van der Waals surface area contributed by atoms with Gasteiger partial charge in [0.2, 0.25) is 0 Å². The molecule has 2 atom stereocenters. The van der Waals surface area contributed by atoms with Crippen molar-refractivity contribution in [2.45, 2.75) is 77.0 Å².